The summed E-state index contributed by atoms with van der Waals surface area (Å²) in [4.78, 5) is 52.4. The number of aliphatic hydroxyl groups is 3. The van der Waals surface area contributed by atoms with Crippen molar-refractivity contribution in [2.24, 2.45) is 28.3 Å². The number of rotatable bonds is 7. The van der Waals surface area contributed by atoms with Crippen LogP contribution in [-0.4, -0.2) is 82.1 Å². The SMILES string of the molecule is CN(N=O)c1cc(CNCC(C)(C)C)c(O)c2c1C[C@H]1C[C@H]3[C@H](N(C)C)C(=O)C(C(N)=O)=C(O)[C@@]3(O)C(=O)C1=C2O. The van der Waals surface area contributed by atoms with Crippen LogP contribution < -0.4 is 16.1 Å². The standard InChI is InChI=1S/C28H37N5O8/c1-27(2,3)11-30-10-13-9-16(33(6)31-41)14-7-12-8-15-20(32(4)5)23(36)19(26(29)39)25(38)28(15,40)24(37)17(12)22(35)18(14)21(13)34/h9,12,15,20,30,34-35,38,40H,7-8,10-11H2,1-6H3,(H2,29,39)/t12-,15-,20-,28-/m0/s1. The van der Waals surface area contributed by atoms with E-state index in [1.165, 1.54) is 26.0 Å². The van der Waals surface area contributed by atoms with Crippen molar-refractivity contribution in [3.63, 3.8) is 0 Å². The molecule has 0 saturated heterocycles. The van der Waals surface area contributed by atoms with Gasteiger partial charge in [0.1, 0.15) is 22.8 Å². The molecular weight excluding hydrogens is 534 g/mol. The largest absolute Gasteiger partial charge is 0.508 e. The number of ketones is 2. The monoisotopic (exact) mass is 571 g/mol. The van der Waals surface area contributed by atoms with Crippen LogP contribution in [-0.2, 0) is 27.3 Å². The molecule has 1 fully saturated rings. The third-order valence-electron chi connectivity index (χ3n) is 8.22. The van der Waals surface area contributed by atoms with E-state index in [-0.39, 0.29) is 41.7 Å². The van der Waals surface area contributed by atoms with Crippen molar-refractivity contribution >= 4 is 28.9 Å². The number of carbonyl (C=O) groups excluding carboxylic acids is 3. The van der Waals surface area contributed by atoms with Crippen LogP contribution in [0.2, 0.25) is 0 Å². The molecule has 0 bridgehead atoms. The van der Waals surface area contributed by atoms with Crippen LogP contribution in [0.15, 0.2) is 28.3 Å². The summed E-state index contributed by atoms with van der Waals surface area (Å²) in [5.74, 6) is -7.28. The average molecular weight is 572 g/mol. The number of aromatic hydroxyl groups is 1. The molecule has 0 radical (unpaired) electrons. The van der Waals surface area contributed by atoms with E-state index in [0.29, 0.717) is 23.4 Å². The second kappa shape index (κ2) is 10.2. The Morgan fingerprint density at radius 3 is 2.37 bits per heavy atom. The van der Waals surface area contributed by atoms with Gasteiger partial charge in [0, 0.05) is 37.2 Å². The average Bonchev–Trinajstić information content (AvgIpc) is 2.85. The first-order valence-electron chi connectivity index (χ1n) is 13.3. The molecule has 0 aromatic heterocycles. The van der Waals surface area contributed by atoms with Crippen LogP contribution in [0, 0.1) is 22.2 Å². The Morgan fingerprint density at radius 1 is 1.20 bits per heavy atom. The Balaban J connectivity index is 1.93. The minimum absolute atomic E-state index is 0.0486. The maximum Gasteiger partial charge on any atom is 0.255 e. The highest BCUT2D eigenvalue weighted by Crippen LogP contribution is 2.54. The number of amides is 1. The number of carbonyl (C=O) groups is 3. The topological polar surface area (TPSA) is 206 Å². The molecule has 0 unspecified atom stereocenters. The number of hydrogen-bond donors (Lipinski definition) is 6. The number of benzene rings is 1. The van der Waals surface area contributed by atoms with Gasteiger partial charge in [-0.2, -0.15) is 0 Å². The fourth-order valence-electron chi connectivity index (χ4n) is 6.39. The van der Waals surface area contributed by atoms with Crippen LogP contribution in [0.3, 0.4) is 0 Å². The van der Waals surface area contributed by atoms with Crippen molar-refractivity contribution in [1.82, 2.24) is 10.2 Å². The summed E-state index contributed by atoms with van der Waals surface area (Å²) >= 11 is 0. The van der Waals surface area contributed by atoms with Crippen LogP contribution >= 0.6 is 0 Å². The predicted octanol–water partition coefficient (Wildman–Crippen LogP) is 1.22. The quantitative estimate of drug-likeness (QED) is 0.156. The zero-order chi connectivity index (χ0) is 30.8. The summed E-state index contributed by atoms with van der Waals surface area (Å²) in [6.45, 7) is 6.83. The molecule has 1 amide bonds. The summed E-state index contributed by atoms with van der Waals surface area (Å²) in [5.41, 5.74) is 2.33. The zero-order valence-electron chi connectivity index (χ0n) is 24.0. The van der Waals surface area contributed by atoms with Gasteiger partial charge < -0.3 is 31.5 Å². The molecule has 3 aliphatic rings. The normalized spacial score (nSPS) is 26.1. The number of nitrogens with two attached hydrogens (primary N) is 1. The molecule has 7 N–H and O–H groups in total. The molecule has 1 aromatic carbocycles. The van der Waals surface area contributed by atoms with Crippen molar-refractivity contribution < 1.29 is 34.8 Å². The van der Waals surface area contributed by atoms with Crippen LogP contribution in [0.5, 0.6) is 5.75 Å². The number of Topliss-reactive ketones (excluding diaryl/α,β-unsaturated/α-hetero) is 2. The van der Waals surface area contributed by atoms with Crippen molar-refractivity contribution in [1.29, 1.82) is 0 Å². The molecule has 1 saturated carbocycles. The van der Waals surface area contributed by atoms with E-state index < -0.39 is 58.0 Å². The fraction of sp³-hybridized carbons (Fsp3) is 0.536. The Hall–Kier alpha value is -3.81. The van der Waals surface area contributed by atoms with Gasteiger partial charge in [-0.25, -0.2) is 5.01 Å². The van der Waals surface area contributed by atoms with Gasteiger partial charge in [0.25, 0.3) is 5.91 Å². The van der Waals surface area contributed by atoms with Gasteiger partial charge in [-0.1, -0.05) is 20.8 Å². The molecule has 41 heavy (non-hydrogen) atoms. The first-order valence-corrected chi connectivity index (χ1v) is 13.3. The maximum absolute atomic E-state index is 14.0. The summed E-state index contributed by atoms with van der Waals surface area (Å²) < 4.78 is 0. The molecule has 0 heterocycles. The molecule has 13 heteroatoms. The lowest BCUT2D eigenvalue weighted by molar-refractivity contribution is -0.153. The van der Waals surface area contributed by atoms with Crippen molar-refractivity contribution in [2.75, 3.05) is 32.7 Å². The number of aliphatic hydroxyl groups excluding tert-OH is 2. The number of nitroso groups, excluding NO2 is 1. The van der Waals surface area contributed by atoms with Gasteiger partial charge in [-0.15, -0.1) is 4.91 Å². The van der Waals surface area contributed by atoms with Crippen LogP contribution in [0.25, 0.3) is 5.76 Å². The number of hydrogen-bond acceptors (Lipinski definition) is 11. The van der Waals surface area contributed by atoms with E-state index in [1.54, 1.807) is 6.07 Å². The van der Waals surface area contributed by atoms with Crippen LogP contribution in [0.4, 0.5) is 5.69 Å². The van der Waals surface area contributed by atoms with Gasteiger partial charge in [0.15, 0.2) is 11.4 Å². The second-order valence-electron chi connectivity index (χ2n) is 12.5. The number of likely N-dealkylation sites (N-methyl/N-ethyl adjacent to an activating group) is 1. The molecule has 1 aromatic rings. The molecular formula is C28H37N5O8. The van der Waals surface area contributed by atoms with E-state index in [1.807, 2.05) is 20.8 Å². The van der Waals surface area contributed by atoms with Crippen molar-refractivity contribution in [3.8, 4) is 5.75 Å². The summed E-state index contributed by atoms with van der Waals surface area (Å²) in [6, 6.07) is 0.404. The molecule has 4 rings (SSSR count). The number of phenolic OH excluding ortho intramolecular Hbond substituents is 1. The highest BCUT2D eigenvalue weighted by Gasteiger charge is 2.64. The van der Waals surface area contributed by atoms with E-state index in [2.05, 4.69) is 10.6 Å². The Kier molecular flexibility index (Phi) is 7.52. The smallest absolute Gasteiger partial charge is 0.255 e. The Morgan fingerprint density at radius 2 is 1.83 bits per heavy atom. The van der Waals surface area contributed by atoms with Gasteiger partial charge in [-0.3, -0.25) is 19.3 Å². The van der Waals surface area contributed by atoms with E-state index in [0.717, 1.165) is 5.01 Å². The molecule has 3 aliphatic carbocycles. The lowest BCUT2D eigenvalue weighted by Gasteiger charge is -2.50. The highest BCUT2D eigenvalue weighted by atomic mass is 16.3. The van der Waals surface area contributed by atoms with Gasteiger partial charge in [-0.05, 0) is 49.9 Å². The maximum atomic E-state index is 14.0. The first kappa shape index (κ1) is 30.2. The third-order valence-corrected chi connectivity index (χ3v) is 8.22. The Labute approximate surface area is 237 Å². The van der Waals surface area contributed by atoms with Crippen LogP contribution in [0.1, 0.15) is 43.9 Å². The molecule has 13 nitrogen and oxygen atoms in total. The summed E-state index contributed by atoms with van der Waals surface area (Å²) in [7, 11) is 4.48. The number of anilines is 1. The lowest BCUT2D eigenvalue weighted by atomic mass is 9.57. The number of nitrogens with zero attached hydrogens (tertiary/aromatic N) is 3. The van der Waals surface area contributed by atoms with Crippen molar-refractivity contribution in [3.05, 3.63) is 44.6 Å². The van der Waals surface area contributed by atoms with E-state index in [4.69, 9.17) is 5.73 Å². The fourth-order valence-corrected chi connectivity index (χ4v) is 6.39. The minimum atomic E-state index is -2.73. The molecule has 0 aliphatic heterocycles. The van der Waals surface area contributed by atoms with Gasteiger partial charge in [0.2, 0.25) is 5.78 Å². The summed E-state index contributed by atoms with van der Waals surface area (Å²) in [5, 5.41) is 52.8. The van der Waals surface area contributed by atoms with Crippen molar-refractivity contribution in [2.45, 2.75) is 51.8 Å². The van der Waals surface area contributed by atoms with Gasteiger partial charge >= 0.3 is 0 Å². The molecule has 0 spiro atoms. The third kappa shape index (κ3) is 4.67. The number of fused-ring (bicyclic) bond motifs is 3. The number of phenols is 1. The number of primary amides is 1. The molecule has 4 atom stereocenters. The minimum Gasteiger partial charge on any atom is -0.508 e. The van der Waals surface area contributed by atoms with E-state index >= 15 is 0 Å². The predicted molar refractivity (Wildman–Crippen MR) is 150 cm³/mol. The van der Waals surface area contributed by atoms with Gasteiger partial charge in [0.05, 0.1) is 22.6 Å². The van der Waals surface area contributed by atoms with E-state index in [9.17, 15) is 39.7 Å². The number of nitrogens with one attached hydrogen (secondary N) is 1. The highest BCUT2D eigenvalue weighted by molar-refractivity contribution is 6.24. The second-order valence-corrected chi connectivity index (χ2v) is 12.5. The lowest BCUT2D eigenvalue weighted by Crippen LogP contribution is -2.65. The Bertz CT molecular complexity index is 1410. The molecule has 222 valence electrons. The summed E-state index contributed by atoms with van der Waals surface area (Å²) in [6.07, 6.45) is -0.00786. The zero-order valence-corrected chi connectivity index (χ0v) is 24.0. The first-order chi connectivity index (χ1) is 19.0.